The lowest BCUT2D eigenvalue weighted by Crippen LogP contribution is -2.48. The first-order valence-electron chi connectivity index (χ1n) is 9.94. The lowest BCUT2D eigenvalue weighted by molar-refractivity contribution is -0.111. The number of hydrogen-bond acceptors (Lipinski definition) is 5. The SMILES string of the molecule is Cc1nn(C)c(Cl)c1/C=C/C(=O)Nc1nnc(C23CC4CC(CC(C4)C2)C3)s1. The number of carbonyl (C=O) groups excluding carboxylic acids is 1. The lowest BCUT2D eigenvalue weighted by Gasteiger charge is -2.55. The van der Waals surface area contributed by atoms with Crippen LogP contribution in [0.25, 0.3) is 6.08 Å². The zero-order chi connectivity index (χ0) is 19.5. The van der Waals surface area contributed by atoms with E-state index in [0.717, 1.165) is 34.0 Å². The number of carbonyl (C=O) groups is 1. The van der Waals surface area contributed by atoms with Crippen LogP contribution in [0.15, 0.2) is 6.08 Å². The normalized spacial score (nSPS) is 31.0. The lowest BCUT2D eigenvalue weighted by atomic mass is 9.50. The van der Waals surface area contributed by atoms with Crippen molar-refractivity contribution < 1.29 is 4.79 Å². The highest BCUT2D eigenvalue weighted by Gasteiger charge is 2.53. The van der Waals surface area contributed by atoms with Gasteiger partial charge in [0.25, 0.3) is 0 Å². The van der Waals surface area contributed by atoms with Crippen LogP contribution < -0.4 is 5.32 Å². The van der Waals surface area contributed by atoms with Gasteiger partial charge in [-0.25, -0.2) is 0 Å². The van der Waals surface area contributed by atoms with E-state index in [1.165, 1.54) is 44.6 Å². The molecular weight excluding hydrogens is 394 g/mol. The highest BCUT2D eigenvalue weighted by atomic mass is 35.5. The molecule has 28 heavy (non-hydrogen) atoms. The maximum atomic E-state index is 12.3. The molecule has 2 heterocycles. The summed E-state index contributed by atoms with van der Waals surface area (Å²) in [7, 11) is 1.78. The van der Waals surface area contributed by atoms with Crippen LogP contribution in [-0.4, -0.2) is 25.9 Å². The summed E-state index contributed by atoms with van der Waals surface area (Å²) in [6.07, 6.45) is 11.1. The van der Waals surface area contributed by atoms with Gasteiger partial charge in [-0.3, -0.25) is 14.8 Å². The Kier molecular flexibility index (Phi) is 4.36. The van der Waals surface area contributed by atoms with E-state index < -0.39 is 0 Å². The second-order valence-corrected chi connectivity index (χ2v) is 10.2. The van der Waals surface area contributed by atoms with Gasteiger partial charge in [-0.1, -0.05) is 22.9 Å². The van der Waals surface area contributed by atoms with Crippen molar-refractivity contribution in [2.24, 2.45) is 24.8 Å². The topological polar surface area (TPSA) is 72.7 Å². The first-order valence-corrected chi connectivity index (χ1v) is 11.1. The molecule has 0 unspecified atom stereocenters. The molecule has 2 aromatic rings. The molecule has 6 rings (SSSR count). The first-order chi connectivity index (χ1) is 13.4. The van der Waals surface area contributed by atoms with E-state index >= 15 is 0 Å². The van der Waals surface area contributed by atoms with Crippen molar-refractivity contribution in [3.8, 4) is 0 Å². The van der Waals surface area contributed by atoms with Crippen molar-refractivity contribution in [2.45, 2.75) is 50.9 Å². The zero-order valence-corrected chi connectivity index (χ0v) is 17.7. The summed E-state index contributed by atoms with van der Waals surface area (Å²) in [5.74, 6) is 2.36. The molecule has 1 amide bonds. The maximum Gasteiger partial charge on any atom is 0.250 e. The molecule has 0 saturated heterocycles. The highest BCUT2D eigenvalue weighted by Crippen LogP contribution is 2.61. The van der Waals surface area contributed by atoms with Crippen molar-refractivity contribution in [3.63, 3.8) is 0 Å². The van der Waals surface area contributed by atoms with Gasteiger partial charge < -0.3 is 0 Å². The van der Waals surface area contributed by atoms with Crippen LogP contribution in [0.3, 0.4) is 0 Å². The third-order valence-corrected chi connectivity index (χ3v) is 8.28. The van der Waals surface area contributed by atoms with Gasteiger partial charge in [-0.2, -0.15) is 5.10 Å². The number of hydrogen-bond donors (Lipinski definition) is 1. The molecular formula is C20H24ClN5OS. The summed E-state index contributed by atoms with van der Waals surface area (Å²) >= 11 is 7.76. The molecule has 0 radical (unpaired) electrons. The molecule has 0 aromatic carbocycles. The third-order valence-electron chi connectivity index (χ3n) is 6.74. The van der Waals surface area contributed by atoms with Gasteiger partial charge in [0, 0.05) is 24.1 Å². The largest absolute Gasteiger partial charge is 0.297 e. The van der Waals surface area contributed by atoms with Gasteiger partial charge in [0.1, 0.15) is 10.2 Å². The summed E-state index contributed by atoms with van der Waals surface area (Å²) < 4.78 is 1.59. The van der Waals surface area contributed by atoms with Gasteiger partial charge >= 0.3 is 0 Å². The fourth-order valence-electron chi connectivity index (χ4n) is 6.00. The van der Waals surface area contributed by atoms with Crippen LogP contribution in [0, 0.1) is 24.7 Å². The Labute approximate surface area is 173 Å². The average molecular weight is 418 g/mol. The molecule has 2 aromatic heterocycles. The monoisotopic (exact) mass is 417 g/mol. The molecule has 4 bridgehead atoms. The van der Waals surface area contributed by atoms with E-state index in [9.17, 15) is 4.79 Å². The van der Waals surface area contributed by atoms with E-state index in [-0.39, 0.29) is 11.3 Å². The third kappa shape index (κ3) is 3.08. The van der Waals surface area contributed by atoms with Crippen LogP contribution in [0.5, 0.6) is 0 Å². The van der Waals surface area contributed by atoms with Crippen molar-refractivity contribution in [3.05, 3.63) is 27.5 Å². The summed E-state index contributed by atoms with van der Waals surface area (Å²) in [5.41, 5.74) is 1.76. The minimum Gasteiger partial charge on any atom is -0.297 e. The quantitative estimate of drug-likeness (QED) is 0.750. The fourth-order valence-corrected chi connectivity index (χ4v) is 7.20. The fraction of sp³-hybridized carbons (Fsp3) is 0.600. The molecule has 4 saturated carbocycles. The van der Waals surface area contributed by atoms with E-state index in [1.54, 1.807) is 29.1 Å². The van der Waals surface area contributed by atoms with Crippen molar-refractivity contribution >= 4 is 40.1 Å². The smallest absolute Gasteiger partial charge is 0.250 e. The number of halogens is 1. The van der Waals surface area contributed by atoms with Gasteiger partial charge in [0.2, 0.25) is 11.0 Å². The zero-order valence-electron chi connectivity index (χ0n) is 16.1. The molecule has 1 N–H and O–H groups in total. The molecule has 0 aliphatic heterocycles. The Balaban J connectivity index is 1.29. The van der Waals surface area contributed by atoms with Crippen LogP contribution >= 0.6 is 22.9 Å². The number of nitrogens with one attached hydrogen (secondary N) is 1. The minimum atomic E-state index is -0.229. The Morgan fingerprint density at radius 2 is 1.86 bits per heavy atom. The van der Waals surface area contributed by atoms with Crippen molar-refractivity contribution in [2.75, 3.05) is 5.32 Å². The summed E-state index contributed by atoms with van der Waals surface area (Å²) in [6, 6.07) is 0. The molecule has 148 valence electrons. The summed E-state index contributed by atoms with van der Waals surface area (Å²) in [5, 5.41) is 18.1. The number of nitrogens with zero attached hydrogens (tertiary/aromatic N) is 4. The highest BCUT2D eigenvalue weighted by molar-refractivity contribution is 7.15. The van der Waals surface area contributed by atoms with E-state index in [2.05, 4.69) is 20.6 Å². The van der Waals surface area contributed by atoms with Gasteiger partial charge in [-0.05, 0) is 69.3 Å². The number of amides is 1. The van der Waals surface area contributed by atoms with Gasteiger partial charge in [0.05, 0.1) is 5.69 Å². The van der Waals surface area contributed by atoms with Crippen molar-refractivity contribution in [1.82, 2.24) is 20.0 Å². The predicted molar refractivity (Wildman–Crippen MR) is 110 cm³/mol. The average Bonchev–Trinajstić information content (AvgIpc) is 3.18. The Morgan fingerprint density at radius 1 is 1.21 bits per heavy atom. The summed E-state index contributed by atoms with van der Waals surface area (Å²) in [6.45, 7) is 1.87. The number of aryl methyl sites for hydroxylation is 2. The predicted octanol–water partition coefficient (Wildman–Crippen LogP) is 4.35. The minimum absolute atomic E-state index is 0.214. The maximum absolute atomic E-state index is 12.3. The second-order valence-electron chi connectivity index (χ2n) is 8.85. The number of aromatic nitrogens is 4. The van der Waals surface area contributed by atoms with E-state index in [1.807, 2.05) is 6.92 Å². The first kappa shape index (κ1) is 18.3. The molecule has 4 fully saturated rings. The molecule has 4 aliphatic rings. The van der Waals surface area contributed by atoms with Gasteiger partial charge in [-0.15, -0.1) is 10.2 Å². The Hall–Kier alpha value is -1.73. The molecule has 8 heteroatoms. The summed E-state index contributed by atoms with van der Waals surface area (Å²) in [4.78, 5) is 12.3. The van der Waals surface area contributed by atoms with Crippen LogP contribution in [0.2, 0.25) is 5.15 Å². The molecule has 4 aliphatic carbocycles. The van der Waals surface area contributed by atoms with Crippen LogP contribution in [0.1, 0.15) is 54.8 Å². The Morgan fingerprint density at radius 3 is 2.43 bits per heavy atom. The molecule has 0 atom stereocenters. The van der Waals surface area contributed by atoms with E-state index in [4.69, 9.17) is 11.6 Å². The standard InChI is InChI=1S/C20H24ClN5OS/c1-11-15(17(21)26(2)25-11)3-4-16(27)22-19-24-23-18(28-19)20-8-12-5-13(9-20)7-14(6-12)10-20/h3-4,12-14H,5-10H2,1-2H3,(H,22,24,27)/b4-3+. The van der Waals surface area contributed by atoms with Gasteiger partial charge in [0.15, 0.2) is 0 Å². The van der Waals surface area contributed by atoms with E-state index in [0.29, 0.717) is 10.3 Å². The van der Waals surface area contributed by atoms with Crippen molar-refractivity contribution in [1.29, 1.82) is 0 Å². The molecule has 0 spiro atoms. The Bertz CT molecular complexity index is 927. The second kappa shape index (κ2) is 6.66. The number of anilines is 1. The number of rotatable bonds is 4. The van der Waals surface area contributed by atoms with Crippen LogP contribution in [0.4, 0.5) is 5.13 Å². The van der Waals surface area contributed by atoms with Crippen LogP contribution in [-0.2, 0) is 17.3 Å². The molecule has 6 nitrogen and oxygen atoms in total.